The number of fused-ring (bicyclic) bond motifs is 1. The quantitative estimate of drug-likeness (QED) is 0.529. The number of ether oxygens (including phenoxy) is 3. The summed E-state index contributed by atoms with van der Waals surface area (Å²) in [5.74, 6) is 0.952. The smallest absolute Gasteiger partial charge is 0.307 e. The molecule has 0 aromatic heterocycles. The molecule has 1 heterocycles. The molecular formula is C20H20ClNO4S2. The summed E-state index contributed by atoms with van der Waals surface area (Å²) in [5, 5.41) is 3.43. The number of methoxy groups -OCH3 is 3. The maximum Gasteiger partial charge on any atom is 0.307 e. The largest absolute Gasteiger partial charge is 0.493 e. The van der Waals surface area contributed by atoms with E-state index in [1.807, 2.05) is 30.3 Å². The first-order valence-corrected chi connectivity index (χ1v) is 10.2. The molecule has 0 saturated carbocycles. The van der Waals surface area contributed by atoms with Crippen molar-refractivity contribution in [2.24, 2.45) is 0 Å². The second-order valence-corrected chi connectivity index (χ2v) is 8.28. The fraction of sp³-hybridized carbons (Fsp3) is 0.300. The van der Waals surface area contributed by atoms with Crippen LogP contribution in [0.5, 0.6) is 11.5 Å². The van der Waals surface area contributed by atoms with Gasteiger partial charge in [0.1, 0.15) is 0 Å². The third kappa shape index (κ3) is 4.21. The monoisotopic (exact) mass is 437 g/mol. The van der Waals surface area contributed by atoms with Crippen LogP contribution in [-0.4, -0.2) is 37.5 Å². The normalized spacial score (nSPS) is 18.5. The summed E-state index contributed by atoms with van der Waals surface area (Å²) in [6, 6.07) is 11.3. The third-order valence-electron chi connectivity index (χ3n) is 4.44. The maximum atomic E-state index is 11.9. The van der Waals surface area contributed by atoms with Gasteiger partial charge >= 0.3 is 5.97 Å². The summed E-state index contributed by atoms with van der Waals surface area (Å²) >= 11 is 13.4. The lowest BCUT2D eigenvalue weighted by Crippen LogP contribution is -2.25. The zero-order chi connectivity index (χ0) is 20.3. The average molecular weight is 438 g/mol. The number of benzene rings is 2. The zero-order valence-corrected chi connectivity index (χ0v) is 18.0. The molecule has 8 heteroatoms. The van der Waals surface area contributed by atoms with Crippen molar-refractivity contribution in [3.8, 4) is 11.5 Å². The lowest BCUT2D eigenvalue weighted by atomic mass is 10.0. The van der Waals surface area contributed by atoms with E-state index < -0.39 is 0 Å². The minimum absolute atomic E-state index is 0.164. The number of thiocarbonyl (C=S) groups is 1. The number of esters is 1. The number of thioether (sulfide) groups is 1. The van der Waals surface area contributed by atoms with Gasteiger partial charge in [-0.15, -0.1) is 11.8 Å². The molecule has 2 aromatic carbocycles. The highest BCUT2D eigenvalue weighted by atomic mass is 35.5. The topological polar surface area (TPSA) is 56.8 Å². The molecule has 2 atom stereocenters. The number of halogens is 1. The molecule has 1 N–H and O–H groups in total. The Bertz CT molecular complexity index is 906. The molecule has 0 aliphatic carbocycles. The molecule has 0 unspecified atom stereocenters. The van der Waals surface area contributed by atoms with E-state index in [-0.39, 0.29) is 22.9 Å². The molecule has 0 bridgehead atoms. The molecule has 5 nitrogen and oxygen atoms in total. The SMILES string of the molecule is COC(=O)C[C@H]1S[C@H](c2cccc(OC)c2OC)c2cc(Cl)ccc2NC1=S. The first-order valence-electron chi connectivity index (χ1n) is 8.52. The minimum Gasteiger partial charge on any atom is -0.493 e. The van der Waals surface area contributed by atoms with Crippen LogP contribution in [0, 0.1) is 0 Å². The van der Waals surface area contributed by atoms with Crippen LogP contribution in [0.2, 0.25) is 5.02 Å². The predicted molar refractivity (Wildman–Crippen MR) is 117 cm³/mol. The van der Waals surface area contributed by atoms with Crippen LogP contribution >= 0.6 is 35.6 Å². The number of anilines is 1. The number of carbonyl (C=O) groups is 1. The Kier molecular flexibility index (Phi) is 6.69. The van der Waals surface area contributed by atoms with Crippen molar-refractivity contribution >= 4 is 52.2 Å². The highest BCUT2D eigenvalue weighted by Gasteiger charge is 2.33. The van der Waals surface area contributed by atoms with E-state index in [0.29, 0.717) is 21.5 Å². The van der Waals surface area contributed by atoms with Gasteiger partial charge < -0.3 is 19.5 Å². The number of hydrogen-bond acceptors (Lipinski definition) is 6. The number of hydrogen-bond donors (Lipinski definition) is 1. The second-order valence-electron chi connectivity index (χ2n) is 6.09. The van der Waals surface area contributed by atoms with Crippen LogP contribution in [0.4, 0.5) is 5.69 Å². The van der Waals surface area contributed by atoms with Crippen molar-refractivity contribution in [2.45, 2.75) is 16.9 Å². The Balaban J connectivity index is 2.15. The van der Waals surface area contributed by atoms with Crippen molar-refractivity contribution in [2.75, 3.05) is 26.6 Å². The van der Waals surface area contributed by atoms with Crippen LogP contribution < -0.4 is 14.8 Å². The molecule has 0 fully saturated rings. The highest BCUT2D eigenvalue weighted by molar-refractivity contribution is 8.02. The molecule has 3 rings (SSSR count). The van der Waals surface area contributed by atoms with E-state index in [1.54, 1.807) is 32.0 Å². The zero-order valence-electron chi connectivity index (χ0n) is 15.7. The Morgan fingerprint density at radius 1 is 1.18 bits per heavy atom. The number of nitrogens with one attached hydrogen (secondary N) is 1. The summed E-state index contributed by atoms with van der Waals surface area (Å²) in [6.07, 6.45) is 0.164. The van der Waals surface area contributed by atoms with Crippen LogP contribution in [0.1, 0.15) is 22.8 Å². The van der Waals surface area contributed by atoms with Gasteiger partial charge in [-0.3, -0.25) is 4.79 Å². The standard InChI is InChI=1S/C20H20ClNO4S2/c1-24-15-6-4-5-12(18(15)26-3)19-13-9-11(21)7-8-14(13)22-20(27)16(28-19)10-17(23)25-2/h4-9,16,19H,10H2,1-3H3,(H,22,27)/t16-,19-/m1/s1. The van der Waals surface area contributed by atoms with Gasteiger partial charge in [-0.05, 0) is 29.8 Å². The first-order chi connectivity index (χ1) is 13.5. The molecule has 0 radical (unpaired) electrons. The van der Waals surface area contributed by atoms with Crippen molar-refractivity contribution < 1.29 is 19.0 Å². The van der Waals surface area contributed by atoms with Gasteiger partial charge in [0, 0.05) is 16.3 Å². The van der Waals surface area contributed by atoms with Crippen molar-refractivity contribution in [3.63, 3.8) is 0 Å². The molecule has 1 aliphatic rings. The molecule has 0 amide bonds. The number of rotatable bonds is 5. The lowest BCUT2D eigenvalue weighted by molar-refractivity contribution is -0.140. The first kappa shape index (κ1) is 20.8. The Hall–Kier alpha value is -1.96. The summed E-state index contributed by atoms with van der Waals surface area (Å²) in [5.41, 5.74) is 2.72. The molecule has 148 valence electrons. The van der Waals surface area contributed by atoms with Crippen LogP contribution in [0.3, 0.4) is 0 Å². The fourth-order valence-corrected chi connectivity index (χ4v) is 5.07. The summed E-state index contributed by atoms with van der Waals surface area (Å²) in [4.78, 5) is 12.5. The van der Waals surface area contributed by atoms with Gasteiger partial charge in [0.15, 0.2) is 11.5 Å². The van der Waals surface area contributed by atoms with E-state index in [1.165, 1.54) is 7.11 Å². The van der Waals surface area contributed by atoms with E-state index in [2.05, 4.69) is 5.32 Å². The van der Waals surface area contributed by atoms with Crippen LogP contribution in [0.25, 0.3) is 0 Å². The molecule has 0 spiro atoms. The predicted octanol–water partition coefficient (Wildman–Crippen LogP) is 4.86. The summed E-state index contributed by atoms with van der Waals surface area (Å²) in [7, 11) is 4.58. The van der Waals surface area contributed by atoms with Crippen molar-refractivity contribution in [3.05, 3.63) is 52.5 Å². The van der Waals surface area contributed by atoms with E-state index in [0.717, 1.165) is 16.8 Å². The Morgan fingerprint density at radius 2 is 1.96 bits per heavy atom. The molecule has 2 aromatic rings. The average Bonchev–Trinajstić information content (AvgIpc) is 2.83. The molecule has 28 heavy (non-hydrogen) atoms. The Labute approximate surface area is 178 Å². The molecule has 1 aliphatic heterocycles. The minimum atomic E-state index is -0.318. The number of para-hydroxylation sites is 1. The van der Waals surface area contributed by atoms with Crippen LogP contribution in [0.15, 0.2) is 36.4 Å². The van der Waals surface area contributed by atoms with E-state index >= 15 is 0 Å². The lowest BCUT2D eigenvalue weighted by Gasteiger charge is -2.23. The van der Waals surface area contributed by atoms with Gasteiger partial charge in [-0.2, -0.15) is 0 Å². The number of carbonyl (C=O) groups excluding carboxylic acids is 1. The van der Waals surface area contributed by atoms with Crippen molar-refractivity contribution in [1.29, 1.82) is 0 Å². The highest BCUT2D eigenvalue weighted by Crippen LogP contribution is 2.50. The van der Waals surface area contributed by atoms with Crippen molar-refractivity contribution in [1.82, 2.24) is 0 Å². The van der Waals surface area contributed by atoms with E-state index in [9.17, 15) is 4.79 Å². The summed E-state index contributed by atoms with van der Waals surface area (Å²) < 4.78 is 16.0. The van der Waals surface area contributed by atoms with Gasteiger partial charge in [0.05, 0.1) is 43.2 Å². The third-order valence-corrected chi connectivity index (χ3v) is 6.72. The van der Waals surface area contributed by atoms with Gasteiger partial charge in [0.25, 0.3) is 0 Å². The fourth-order valence-electron chi connectivity index (χ4n) is 3.11. The summed E-state index contributed by atoms with van der Waals surface area (Å²) in [6.45, 7) is 0. The Morgan fingerprint density at radius 3 is 2.64 bits per heavy atom. The van der Waals surface area contributed by atoms with Gasteiger partial charge in [-0.1, -0.05) is 36.0 Å². The van der Waals surface area contributed by atoms with Crippen LogP contribution in [-0.2, 0) is 9.53 Å². The van der Waals surface area contributed by atoms with Gasteiger partial charge in [-0.25, -0.2) is 0 Å². The maximum absolute atomic E-state index is 11.9. The molecular weight excluding hydrogens is 418 g/mol. The van der Waals surface area contributed by atoms with E-state index in [4.69, 9.17) is 38.0 Å². The second kappa shape index (κ2) is 9.03. The van der Waals surface area contributed by atoms with Gasteiger partial charge in [0.2, 0.25) is 0 Å². The molecule has 0 saturated heterocycles.